The summed E-state index contributed by atoms with van der Waals surface area (Å²) in [6.45, 7) is 5.79. The van der Waals surface area contributed by atoms with Gasteiger partial charge in [-0.25, -0.2) is 4.98 Å². The first kappa shape index (κ1) is 14.4. The number of carbonyl (C=O) groups is 1. The van der Waals surface area contributed by atoms with Crippen LogP contribution in [0.4, 0.5) is 11.5 Å². The summed E-state index contributed by atoms with van der Waals surface area (Å²) in [5.74, 6) is 0.304. The third kappa shape index (κ3) is 3.70. The molecule has 0 radical (unpaired) electrons. The lowest BCUT2D eigenvalue weighted by Crippen LogP contribution is -2.45. The van der Waals surface area contributed by atoms with Crippen molar-refractivity contribution in [2.24, 2.45) is 11.1 Å². The molecule has 3 N–H and O–H groups in total. The van der Waals surface area contributed by atoms with E-state index in [1.807, 2.05) is 45.8 Å². The summed E-state index contributed by atoms with van der Waals surface area (Å²) in [5, 5.41) is 2.72. The van der Waals surface area contributed by atoms with Crippen LogP contribution in [0.25, 0.3) is 0 Å². The van der Waals surface area contributed by atoms with Crippen LogP contribution in [-0.4, -0.2) is 31.0 Å². The van der Waals surface area contributed by atoms with Gasteiger partial charge in [-0.1, -0.05) is 20.8 Å². The molecule has 0 fully saturated rings. The number of nitrogens with zero attached hydrogens (tertiary/aromatic N) is 2. The molecule has 0 aliphatic heterocycles. The zero-order valence-corrected chi connectivity index (χ0v) is 11.7. The molecule has 0 saturated carbocycles. The number of pyridine rings is 1. The summed E-state index contributed by atoms with van der Waals surface area (Å²) in [4.78, 5) is 18.0. The number of nitrogens with one attached hydrogen (secondary N) is 1. The third-order valence-electron chi connectivity index (χ3n) is 2.73. The molecule has 1 aromatic heterocycles. The molecule has 0 unspecified atom stereocenters. The molecule has 1 heterocycles. The number of anilines is 2. The van der Waals surface area contributed by atoms with Crippen molar-refractivity contribution in [2.75, 3.05) is 24.3 Å². The standard InChI is InChI=1S/C13H22N4O/c1-13(2,3)11(14)12(18)16-10-7-6-9(8-15-10)17(4)5/h6-8,11H,14H2,1-5H3,(H,15,16,18)/t11-/m1/s1. The van der Waals surface area contributed by atoms with Crippen LogP contribution in [0.5, 0.6) is 0 Å². The lowest BCUT2D eigenvalue weighted by molar-refractivity contribution is -0.119. The topological polar surface area (TPSA) is 71.2 Å². The van der Waals surface area contributed by atoms with Crippen molar-refractivity contribution in [1.29, 1.82) is 0 Å². The van der Waals surface area contributed by atoms with Gasteiger partial charge < -0.3 is 16.0 Å². The quantitative estimate of drug-likeness (QED) is 0.852. The summed E-state index contributed by atoms with van der Waals surface area (Å²) in [7, 11) is 3.87. The minimum atomic E-state index is -0.562. The lowest BCUT2D eigenvalue weighted by atomic mass is 9.87. The van der Waals surface area contributed by atoms with Gasteiger partial charge in [-0.3, -0.25) is 4.79 Å². The van der Waals surface area contributed by atoms with E-state index in [-0.39, 0.29) is 11.3 Å². The fourth-order valence-electron chi connectivity index (χ4n) is 1.32. The van der Waals surface area contributed by atoms with Crippen LogP contribution in [0.15, 0.2) is 18.3 Å². The summed E-state index contributed by atoms with van der Waals surface area (Å²) in [5.41, 5.74) is 6.58. The molecule has 0 saturated heterocycles. The van der Waals surface area contributed by atoms with E-state index in [0.717, 1.165) is 5.69 Å². The molecule has 0 bridgehead atoms. The molecule has 5 nitrogen and oxygen atoms in total. The van der Waals surface area contributed by atoms with Crippen molar-refractivity contribution < 1.29 is 4.79 Å². The maximum absolute atomic E-state index is 11.9. The fraction of sp³-hybridized carbons (Fsp3) is 0.538. The molecular weight excluding hydrogens is 228 g/mol. The largest absolute Gasteiger partial charge is 0.376 e. The Labute approximate surface area is 108 Å². The van der Waals surface area contributed by atoms with Crippen molar-refractivity contribution >= 4 is 17.4 Å². The van der Waals surface area contributed by atoms with E-state index in [2.05, 4.69) is 10.3 Å². The maximum atomic E-state index is 11.9. The lowest BCUT2D eigenvalue weighted by Gasteiger charge is -2.25. The summed E-state index contributed by atoms with van der Waals surface area (Å²) >= 11 is 0. The Kier molecular flexibility index (Phi) is 4.29. The maximum Gasteiger partial charge on any atom is 0.242 e. The highest BCUT2D eigenvalue weighted by Gasteiger charge is 2.27. The summed E-state index contributed by atoms with van der Waals surface area (Å²) in [6, 6.07) is 3.10. The van der Waals surface area contributed by atoms with Crippen LogP contribution in [0.2, 0.25) is 0 Å². The van der Waals surface area contributed by atoms with Gasteiger partial charge in [0.15, 0.2) is 0 Å². The first-order chi connectivity index (χ1) is 8.21. The second-order valence-corrected chi connectivity index (χ2v) is 5.63. The summed E-state index contributed by atoms with van der Waals surface area (Å²) < 4.78 is 0. The number of hydrogen-bond donors (Lipinski definition) is 2. The second kappa shape index (κ2) is 5.35. The highest BCUT2D eigenvalue weighted by Crippen LogP contribution is 2.19. The highest BCUT2D eigenvalue weighted by atomic mass is 16.2. The van der Waals surface area contributed by atoms with Gasteiger partial charge in [-0.05, 0) is 17.5 Å². The first-order valence-electron chi connectivity index (χ1n) is 5.91. The Morgan fingerprint density at radius 1 is 1.39 bits per heavy atom. The van der Waals surface area contributed by atoms with Crippen LogP contribution < -0.4 is 16.0 Å². The number of rotatable bonds is 3. The average molecular weight is 250 g/mol. The van der Waals surface area contributed by atoms with Crippen LogP contribution >= 0.6 is 0 Å². The minimum absolute atomic E-state index is 0.215. The smallest absolute Gasteiger partial charge is 0.242 e. The van der Waals surface area contributed by atoms with E-state index >= 15 is 0 Å². The van der Waals surface area contributed by atoms with Crippen molar-refractivity contribution in [3.63, 3.8) is 0 Å². The number of hydrogen-bond acceptors (Lipinski definition) is 4. The Hall–Kier alpha value is -1.62. The van der Waals surface area contributed by atoms with Gasteiger partial charge in [-0.2, -0.15) is 0 Å². The first-order valence-corrected chi connectivity index (χ1v) is 5.91. The third-order valence-corrected chi connectivity index (χ3v) is 2.73. The Morgan fingerprint density at radius 3 is 2.39 bits per heavy atom. The van der Waals surface area contributed by atoms with E-state index < -0.39 is 6.04 Å². The van der Waals surface area contributed by atoms with Crippen LogP contribution in [-0.2, 0) is 4.79 Å². The summed E-state index contributed by atoms with van der Waals surface area (Å²) in [6.07, 6.45) is 1.71. The average Bonchev–Trinajstić information content (AvgIpc) is 2.27. The normalized spacial score (nSPS) is 13.0. The van der Waals surface area contributed by atoms with Gasteiger partial charge in [0, 0.05) is 14.1 Å². The Bertz CT molecular complexity index is 406. The SMILES string of the molecule is CN(C)c1ccc(NC(=O)[C@@H](N)C(C)(C)C)nc1. The molecule has 18 heavy (non-hydrogen) atoms. The predicted molar refractivity (Wildman–Crippen MR) is 74.6 cm³/mol. The number of aromatic nitrogens is 1. The van der Waals surface area contributed by atoms with Gasteiger partial charge >= 0.3 is 0 Å². The minimum Gasteiger partial charge on any atom is -0.376 e. The Morgan fingerprint density at radius 2 is 2.00 bits per heavy atom. The zero-order valence-electron chi connectivity index (χ0n) is 11.7. The molecule has 100 valence electrons. The highest BCUT2D eigenvalue weighted by molar-refractivity contribution is 5.94. The van der Waals surface area contributed by atoms with Gasteiger partial charge in [0.2, 0.25) is 5.91 Å². The Balaban J connectivity index is 2.71. The van der Waals surface area contributed by atoms with Gasteiger partial charge in [-0.15, -0.1) is 0 Å². The molecule has 1 rings (SSSR count). The monoisotopic (exact) mass is 250 g/mol. The number of carbonyl (C=O) groups excluding carboxylic acids is 1. The molecule has 0 aromatic carbocycles. The predicted octanol–water partition coefficient (Wildman–Crippen LogP) is 1.46. The van der Waals surface area contributed by atoms with E-state index in [1.165, 1.54) is 0 Å². The molecule has 1 atom stereocenters. The zero-order chi connectivity index (χ0) is 13.9. The van der Waals surface area contributed by atoms with E-state index in [0.29, 0.717) is 5.82 Å². The molecule has 5 heteroatoms. The van der Waals surface area contributed by atoms with E-state index in [9.17, 15) is 4.79 Å². The molecular formula is C13H22N4O. The van der Waals surface area contributed by atoms with Crippen LogP contribution in [0.3, 0.4) is 0 Å². The molecule has 0 aliphatic rings. The van der Waals surface area contributed by atoms with E-state index in [1.54, 1.807) is 12.3 Å². The van der Waals surface area contributed by atoms with Crippen molar-refractivity contribution in [3.05, 3.63) is 18.3 Å². The molecule has 1 amide bonds. The van der Waals surface area contributed by atoms with Crippen LogP contribution in [0, 0.1) is 5.41 Å². The van der Waals surface area contributed by atoms with Gasteiger partial charge in [0.1, 0.15) is 5.82 Å². The molecule has 0 aliphatic carbocycles. The van der Waals surface area contributed by atoms with Crippen LogP contribution in [0.1, 0.15) is 20.8 Å². The van der Waals surface area contributed by atoms with Gasteiger partial charge in [0.25, 0.3) is 0 Å². The van der Waals surface area contributed by atoms with Crippen molar-refractivity contribution in [3.8, 4) is 0 Å². The number of nitrogens with two attached hydrogens (primary N) is 1. The van der Waals surface area contributed by atoms with Crippen molar-refractivity contribution in [1.82, 2.24) is 4.98 Å². The molecule has 1 aromatic rings. The molecule has 0 spiro atoms. The fourth-order valence-corrected chi connectivity index (χ4v) is 1.32. The van der Waals surface area contributed by atoms with Crippen molar-refractivity contribution in [2.45, 2.75) is 26.8 Å². The van der Waals surface area contributed by atoms with E-state index in [4.69, 9.17) is 5.73 Å². The number of amides is 1. The second-order valence-electron chi connectivity index (χ2n) is 5.63. The van der Waals surface area contributed by atoms with Gasteiger partial charge in [0.05, 0.1) is 17.9 Å².